The van der Waals surface area contributed by atoms with Crippen LogP contribution >= 0.6 is 15.9 Å². The Labute approximate surface area is 114 Å². The fourth-order valence-corrected chi connectivity index (χ4v) is 1.76. The van der Waals surface area contributed by atoms with E-state index in [1.807, 2.05) is 13.8 Å². The second-order valence-corrected chi connectivity index (χ2v) is 5.13. The molecule has 100 valence electrons. The second-order valence-electron chi connectivity index (χ2n) is 4.27. The second kappa shape index (κ2) is 6.85. The van der Waals surface area contributed by atoms with Crippen molar-refractivity contribution in [2.24, 2.45) is 0 Å². The molecule has 0 unspecified atom stereocenters. The molecule has 0 amide bonds. The van der Waals surface area contributed by atoms with Gasteiger partial charge in [0.2, 0.25) is 0 Å². The van der Waals surface area contributed by atoms with Gasteiger partial charge in [0.05, 0.1) is 4.47 Å². The van der Waals surface area contributed by atoms with Crippen LogP contribution in [0.4, 0.5) is 8.78 Å². The zero-order chi connectivity index (χ0) is 13.7. The molecule has 2 nitrogen and oxygen atoms in total. The van der Waals surface area contributed by atoms with Crippen LogP contribution in [0, 0.1) is 11.6 Å². The number of hydrogen-bond donors (Lipinski definition) is 1. The highest BCUT2D eigenvalue weighted by molar-refractivity contribution is 9.10. The quantitative estimate of drug-likeness (QED) is 0.808. The van der Waals surface area contributed by atoms with Crippen LogP contribution in [0.2, 0.25) is 0 Å². The van der Waals surface area contributed by atoms with E-state index in [0.29, 0.717) is 12.6 Å². The molecule has 0 aliphatic carbocycles. The first-order chi connectivity index (χ1) is 8.40. The van der Waals surface area contributed by atoms with Crippen molar-refractivity contribution in [2.45, 2.75) is 19.9 Å². The van der Waals surface area contributed by atoms with Crippen LogP contribution in [0.3, 0.4) is 0 Å². The molecule has 0 atom stereocenters. The molecule has 0 bridgehead atoms. The number of hydrogen-bond acceptors (Lipinski definition) is 2. The Hall–Kier alpha value is -0.940. The summed E-state index contributed by atoms with van der Waals surface area (Å²) in [6, 6.07) is 2.29. The minimum absolute atomic E-state index is 0.00194. The van der Waals surface area contributed by atoms with E-state index in [9.17, 15) is 8.78 Å². The summed E-state index contributed by atoms with van der Waals surface area (Å²) >= 11 is 3.06. The third-order valence-corrected chi connectivity index (χ3v) is 2.73. The Morgan fingerprint density at radius 2 is 2.11 bits per heavy atom. The summed E-state index contributed by atoms with van der Waals surface area (Å²) in [7, 11) is 0. The fourth-order valence-electron chi connectivity index (χ4n) is 1.24. The Balaban J connectivity index is 2.56. The van der Waals surface area contributed by atoms with Crippen molar-refractivity contribution in [1.29, 1.82) is 0 Å². The van der Waals surface area contributed by atoms with Crippen molar-refractivity contribution >= 4 is 15.9 Å². The van der Waals surface area contributed by atoms with Gasteiger partial charge in [0, 0.05) is 18.7 Å². The first kappa shape index (κ1) is 15.1. The molecule has 0 radical (unpaired) electrons. The Morgan fingerprint density at radius 1 is 1.44 bits per heavy atom. The minimum atomic E-state index is -0.730. The molecule has 5 heteroatoms. The van der Waals surface area contributed by atoms with Crippen LogP contribution in [-0.4, -0.2) is 19.2 Å². The average molecular weight is 320 g/mol. The van der Waals surface area contributed by atoms with Gasteiger partial charge < -0.3 is 10.1 Å². The molecule has 1 rings (SSSR count). The molecule has 0 heterocycles. The molecular formula is C13H16BrF2NO. The van der Waals surface area contributed by atoms with Gasteiger partial charge in [-0.1, -0.05) is 20.4 Å². The normalized spacial score (nSPS) is 10.8. The van der Waals surface area contributed by atoms with E-state index in [0.717, 1.165) is 17.7 Å². The molecular weight excluding hydrogens is 304 g/mol. The number of ether oxygens (including phenoxy) is 1. The third-order valence-electron chi connectivity index (χ3n) is 2.14. The van der Waals surface area contributed by atoms with Crippen LogP contribution in [-0.2, 0) is 0 Å². The van der Waals surface area contributed by atoms with Crippen molar-refractivity contribution in [2.75, 3.05) is 13.2 Å². The lowest BCUT2D eigenvalue weighted by Crippen LogP contribution is -2.26. The summed E-state index contributed by atoms with van der Waals surface area (Å²) in [5, 5.41) is 3.17. The van der Waals surface area contributed by atoms with Gasteiger partial charge in [-0.3, -0.25) is 0 Å². The smallest absolute Gasteiger partial charge is 0.169 e. The van der Waals surface area contributed by atoms with Gasteiger partial charge in [0.1, 0.15) is 12.4 Å². The summed E-state index contributed by atoms with van der Waals surface area (Å²) in [5.74, 6) is -1.37. The topological polar surface area (TPSA) is 21.3 Å². The maximum absolute atomic E-state index is 13.4. The molecule has 0 fully saturated rings. The van der Waals surface area contributed by atoms with E-state index in [-0.39, 0.29) is 16.8 Å². The minimum Gasteiger partial charge on any atom is -0.485 e. The highest BCUT2D eigenvalue weighted by atomic mass is 79.9. The van der Waals surface area contributed by atoms with Crippen LogP contribution in [0.25, 0.3) is 0 Å². The van der Waals surface area contributed by atoms with Crippen LogP contribution in [0.15, 0.2) is 28.8 Å². The fraction of sp³-hybridized carbons (Fsp3) is 0.385. The van der Waals surface area contributed by atoms with Gasteiger partial charge in [0.25, 0.3) is 0 Å². The first-order valence-electron chi connectivity index (χ1n) is 5.57. The van der Waals surface area contributed by atoms with E-state index in [1.165, 1.54) is 0 Å². The summed E-state index contributed by atoms with van der Waals surface area (Å²) in [6.45, 7) is 8.63. The summed E-state index contributed by atoms with van der Waals surface area (Å²) in [5.41, 5.74) is 0.791. The van der Waals surface area contributed by atoms with Crippen LogP contribution in [0.1, 0.15) is 13.8 Å². The zero-order valence-electron chi connectivity index (χ0n) is 10.4. The molecule has 1 aromatic carbocycles. The van der Waals surface area contributed by atoms with Crippen LogP contribution in [0.5, 0.6) is 5.75 Å². The zero-order valence-corrected chi connectivity index (χ0v) is 12.0. The Morgan fingerprint density at radius 3 is 2.67 bits per heavy atom. The van der Waals surface area contributed by atoms with Crippen molar-refractivity contribution < 1.29 is 13.5 Å². The number of halogens is 3. The lowest BCUT2D eigenvalue weighted by atomic mass is 10.3. The monoisotopic (exact) mass is 319 g/mol. The molecule has 0 spiro atoms. The highest BCUT2D eigenvalue weighted by Gasteiger charge is 2.11. The van der Waals surface area contributed by atoms with Crippen molar-refractivity contribution in [1.82, 2.24) is 5.32 Å². The predicted molar refractivity (Wildman–Crippen MR) is 71.8 cm³/mol. The lowest BCUT2D eigenvalue weighted by molar-refractivity contribution is 0.324. The van der Waals surface area contributed by atoms with Gasteiger partial charge >= 0.3 is 0 Å². The van der Waals surface area contributed by atoms with E-state index < -0.39 is 11.6 Å². The molecule has 1 N–H and O–H groups in total. The van der Waals surface area contributed by atoms with Gasteiger partial charge in [-0.15, -0.1) is 0 Å². The van der Waals surface area contributed by atoms with Gasteiger partial charge in [0.15, 0.2) is 11.6 Å². The maximum Gasteiger partial charge on any atom is 0.169 e. The molecule has 0 aromatic heterocycles. The largest absolute Gasteiger partial charge is 0.485 e. The summed E-state index contributed by atoms with van der Waals surface area (Å²) in [6.07, 6.45) is 0. The first-order valence-corrected chi connectivity index (χ1v) is 6.37. The molecule has 18 heavy (non-hydrogen) atoms. The number of nitrogens with one attached hydrogen (secondary N) is 1. The molecule has 0 saturated carbocycles. The molecule has 0 saturated heterocycles. The van der Waals surface area contributed by atoms with E-state index >= 15 is 0 Å². The summed E-state index contributed by atoms with van der Waals surface area (Å²) in [4.78, 5) is 0. The molecule has 0 aliphatic heterocycles. The standard InChI is InChI=1S/C13H16BrF2NO/c1-8(2)17-6-9(3)7-18-13-11(14)4-10(15)5-12(13)16/h4-5,8,17H,3,6-7H2,1-2H3. The van der Waals surface area contributed by atoms with Gasteiger partial charge in [-0.2, -0.15) is 0 Å². The lowest BCUT2D eigenvalue weighted by Gasteiger charge is -2.13. The van der Waals surface area contributed by atoms with E-state index in [1.54, 1.807) is 0 Å². The van der Waals surface area contributed by atoms with Crippen molar-refractivity contribution in [3.05, 3.63) is 40.4 Å². The highest BCUT2D eigenvalue weighted by Crippen LogP contribution is 2.29. The number of rotatable bonds is 6. The van der Waals surface area contributed by atoms with E-state index in [4.69, 9.17) is 4.74 Å². The number of benzene rings is 1. The van der Waals surface area contributed by atoms with Gasteiger partial charge in [-0.25, -0.2) is 8.78 Å². The van der Waals surface area contributed by atoms with E-state index in [2.05, 4.69) is 27.8 Å². The summed E-state index contributed by atoms with van der Waals surface area (Å²) < 4.78 is 31.8. The molecule has 1 aromatic rings. The maximum atomic E-state index is 13.4. The third kappa shape index (κ3) is 4.74. The van der Waals surface area contributed by atoms with Gasteiger partial charge in [-0.05, 0) is 27.6 Å². The Bertz CT molecular complexity index is 412. The van der Waals surface area contributed by atoms with Crippen molar-refractivity contribution in [3.8, 4) is 5.75 Å². The molecule has 0 aliphatic rings. The predicted octanol–water partition coefficient (Wildman–Crippen LogP) is 3.66. The Kier molecular flexibility index (Phi) is 5.75. The SMILES string of the molecule is C=C(CNC(C)C)COc1c(F)cc(F)cc1Br. The average Bonchev–Trinajstić information content (AvgIpc) is 2.24. The van der Waals surface area contributed by atoms with Crippen LogP contribution < -0.4 is 10.1 Å². The van der Waals surface area contributed by atoms with Crippen molar-refractivity contribution in [3.63, 3.8) is 0 Å².